The molecule has 1 rings (SSSR count). The van der Waals surface area contributed by atoms with Gasteiger partial charge in [-0.05, 0) is 24.7 Å². The van der Waals surface area contributed by atoms with Crippen molar-refractivity contribution in [3.05, 3.63) is 0 Å². The van der Waals surface area contributed by atoms with Crippen LogP contribution in [0, 0.1) is 11.8 Å². The summed E-state index contributed by atoms with van der Waals surface area (Å²) in [5.41, 5.74) is 0. The van der Waals surface area contributed by atoms with Crippen molar-refractivity contribution < 1.29 is 4.74 Å². The molecule has 2 heteroatoms. The Hall–Kier alpha value is -0.0800. The molecule has 0 spiro atoms. The van der Waals surface area contributed by atoms with Crippen LogP contribution in [0.2, 0.25) is 0 Å². The van der Waals surface area contributed by atoms with Crippen LogP contribution in [0.3, 0.4) is 0 Å². The Balaban J connectivity index is 2.14. The van der Waals surface area contributed by atoms with Crippen LogP contribution in [0.1, 0.15) is 40.5 Å². The molecule has 1 aliphatic rings. The van der Waals surface area contributed by atoms with Gasteiger partial charge in [0.05, 0.1) is 6.10 Å². The molecule has 0 amide bonds. The lowest BCUT2D eigenvalue weighted by Gasteiger charge is -2.14. The molecule has 0 unspecified atom stereocenters. The van der Waals surface area contributed by atoms with Crippen LogP contribution in [0.25, 0.3) is 0 Å². The van der Waals surface area contributed by atoms with E-state index in [-0.39, 0.29) is 0 Å². The maximum absolute atomic E-state index is 5.81. The molecule has 2 nitrogen and oxygen atoms in total. The van der Waals surface area contributed by atoms with Crippen molar-refractivity contribution in [1.29, 1.82) is 0 Å². The molecule has 14 heavy (non-hydrogen) atoms. The Morgan fingerprint density at radius 3 is 2.50 bits per heavy atom. The van der Waals surface area contributed by atoms with Gasteiger partial charge in [-0.1, -0.05) is 27.7 Å². The third-order valence-corrected chi connectivity index (χ3v) is 2.60. The van der Waals surface area contributed by atoms with E-state index in [1.807, 2.05) is 0 Å². The monoisotopic (exact) mass is 199 g/mol. The molecule has 1 fully saturated rings. The number of ether oxygens (including phenoxy) is 1. The molecule has 0 bridgehead atoms. The second-order valence-electron chi connectivity index (χ2n) is 5.32. The van der Waals surface area contributed by atoms with Crippen molar-refractivity contribution in [3.8, 4) is 0 Å². The molecule has 0 aromatic carbocycles. The summed E-state index contributed by atoms with van der Waals surface area (Å²) in [5, 5.41) is 3.54. The molecule has 1 N–H and O–H groups in total. The lowest BCUT2D eigenvalue weighted by Crippen LogP contribution is -2.23. The van der Waals surface area contributed by atoms with E-state index >= 15 is 0 Å². The van der Waals surface area contributed by atoms with E-state index in [1.54, 1.807) is 0 Å². The summed E-state index contributed by atoms with van der Waals surface area (Å²) in [6.07, 6.45) is 2.94. The van der Waals surface area contributed by atoms with Crippen LogP contribution < -0.4 is 5.32 Å². The van der Waals surface area contributed by atoms with Crippen molar-refractivity contribution in [2.45, 2.75) is 52.7 Å². The molecule has 0 aliphatic carbocycles. The molecular weight excluding hydrogens is 174 g/mol. The van der Waals surface area contributed by atoms with Gasteiger partial charge in [-0.3, -0.25) is 0 Å². The fourth-order valence-electron chi connectivity index (χ4n) is 1.99. The Bertz CT molecular complexity index is 156. The Morgan fingerprint density at radius 2 is 1.93 bits per heavy atom. The van der Waals surface area contributed by atoms with E-state index in [0.29, 0.717) is 18.1 Å². The van der Waals surface area contributed by atoms with Gasteiger partial charge in [0.25, 0.3) is 0 Å². The molecule has 2 atom stereocenters. The van der Waals surface area contributed by atoms with Gasteiger partial charge in [0, 0.05) is 19.2 Å². The lowest BCUT2D eigenvalue weighted by atomic mass is 10.0. The fraction of sp³-hybridized carbons (Fsp3) is 1.00. The fourth-order valence-corrected chi connectivity index (χ4v) is 1.99. The summed E-state index contributed by atoms with van der Waals surface area (Å²) in [7, 11) is 0. The first-order chi connectivity index (χ1) is 6.58. The summed E-state index contributed by atoms with van der Waals surface area (Å²) in [6.45, 7) is 10.9. The maximum atomic E-state index is 5.81. The van der Waals surface area contributed by atoms with Crippen molar-refractivity contribution in [2.24, 2.45) is 11.8 Å². The number of hydrogen-bond donors (Lipinski definition) is 1. The first kappa shape index (κ1) is 12.0. The van der Waals surface area contributed by atoms with Crippen molar-refractivity contribution >= 4 is 0 Å². The number of nitrogens with one attached hydrogen (secondary N) is 1. The number of rotatable bonds is 5. The number of hydrogen-bond acceptors (Lipinski definition) is 2. The third kappa shape index (κ3) is 4.43. The predicted octanol–water partition coefficient (Wildman–Crippen LogP) is 2.44. The van der Waals surface area contributed by atoms with Gasteiger partial charge in [0.2, 0.25) is 0 Å². The molecule has 1 saturated heterocycles. The highest BCUT2D eigenvalue weighted by molar-refractivity contribution is 4.82. The SMILES string of the molecule is CC(C)CO[C@H]1CN[C@@H](CC(C)C)C1. The van der Waals surface area contributed by atoms with Crippen LogP contribution in [0.5, 0.6) is 0 Å². The van der Waals surface area contributed by atoms with Crippen LogP contribution >= 0.6 is 0 Å². The van der Waals surface area contributed by atoms with E-state index in [1.165, 1.54) is 12.8 Å². The average molecular weight is 199 g/mol. The van der Waals surface area contributed by atoms with Crippen molar-refractivity contribution in [3.63, 3.8) is 0 Å². The Labute approximate surface area is 88.4 Å². The molecule has 1 aliphatic heterocycles. The van der Waals surface area contributed by atoms with Gasteiger partial charge in [-0.15, -0.1) is 0 Å². The summed E-state index contributed by atoms with van der Waals surface area (Å²) >= 11 is 0. The maximum Gasteiger partial charge on any atom is 0.0714 e. The first-order valence-corrected chi connectivity index (χ1v) is 5.93. The van der Waals surface area contributed by atoms with Crippen molar-refractivity contribution in [2.75, 3.05) is 13.2 Å². The van der Waals surface area contributed by atoms with Gasteiger partial charge in [-0.25, -0.2) is 0 Å². The molecule has 84 valence electrons. The molecule has 0 aromatic heterocycles. The molecule has 0 radical (unpaired) electrons. The average Bonchev–Trinajstić information content (AvgIpc) is 2.47. The highest BCUT2D eigenvalue weighted by Gasteiger charge is 2.24. The standard InChI is InChI=1S/C12H25NO/c1-9(2)5-11-6-12(7-13-11)14-8-10(3)4/h9-13H,5-8H2,1-4H3/t11-,12+/m0/s1. The Morgan fingerprint density at radius 1 is 1.21 bits per heavy atom. The minimum absolute atomic E-state index is 0.459. The quantitative estimate of drug-likeness (QED) is 0.734. The van der Waals surface area contributed by atoms with Gasteiger partial charge in [0.1, 0.15) is 0 Å². The lowest BCUT2D eigenvalue weighted by molar-refractivity contribution is 0.0468. The second-order valence-corrected chi connectivity index (χ2v) is 5.32. The summed E-state index contributed by atoms with van der Waals surface area (Å²) < 4.78 is 5.81. The van der Waals surface area contributed by atoms with Crippen LogP contribution in [0.4, 0.5) is 0 Å². The van der Waals surface area contributed by atoms with Crippen LogP contribution in [0.15, 0.2) is 0 Å². The predicted molar refractivity (Wildman–Crippen MR) is 60.4 cm³/mol. The third-order valence-electron chi connectivity index (χ3n) is 2.60. The Kier molecular flexibility index (Phi) is 4.90. The summed E-state index contributed by atoms with van der Waals surface area (Å²) in [6, 6.07) is 0.687. The van der Waals surface area contributed by atoms with E-state index in [0.717, 1.165) is 19.1 Å². The molecule has 0 aromatic rings. The minimum Gasteiger partial charge on any atom is -0.377 e. The molecule has 0 saturated carbocycles. The minimum atomic E-state index is 0.459. The molecule has 1 heterocycles. The van der Waals surface area contributed by atoms with Gasteiger partial charge in [0.15, 0.2) is 0 Å². The summed E-state index contributed by atoms with van der Waals surface area (Å²) in [4.78, 5) is 0. The van der Waals surface area contributed by atoms with Gasteiger partial charge in [-0.2, -0.15) is 0 Å². The van der Waals surface area contributed by atoms with Crippen LogP contribution in [-0.2, 0) is 4.74 Å². The first-order valence-electron chi connectivity index (χ1n) is 5.93. The van der Waals surface area contributed by atoms with E-state index < -0.39 is 0 Å². The highest BCUT2D eigenvalue weighted by atomic mass is 16.5. The van der Waals surface area contributed by atoms with Gasteiger partial charge < -0.3 is 10.1 Å². The molecular formula is C12H25NO. The normalized spacial score (nSPS) is 27.9. The van der Waals surface area contributed by atoms with E-state index in [2.05, 4.69) is 33.0 Å². The highest BCUT2D eigenvalue weighted by Crippen LogP contribution is 2.17. The van der Waals surface area contributed by atoms with Crippen molar-refractivity contribution in [1.82, 2.24) is 5.32 Å². The summed E-state index contributed by atoms with van der Waals surface area (Å²) in [5.74, 6) is 1.44. The zero-order valence-corrected chi connectivity index (χ0v) is 10.0. The smallest absolute Gasteiger partial charge is 0.0714 e. The topological polar surface area (TPSA) is 21.3 Å². The second kappa shape index (κ2) is 5.72. The van der Waals surface area contributed by atoms with E-state index in [4.69, 9.17) is 4.74 Å². The largest absolute Gasteiger partial charge is 0.377 e. The van der Waals surface area contributed by atoms with E-state index in [9.17, 15) is 0 Å². The van der Waals surface area contributed by atoms with Crippen LogP contribution in [-0.4, -0.2) is 25.3 Å². The zero-order chi connectivity index (χ0) is 10.6. The zero-order valence-electron chi connectivity index (χ0n) is 10.0. The van der Waals surface area contributed by atoms with Gasteiger partial charge >= 0.3 is 0 Å².